The molecule has 94 valence electrons. The van der Waals surface area contributed by atoms with Crippen molar-refractivity contribution in [1.29, 1.82) is 0 Å². The monoisotopic (exact) mass is 246 g/mol. The van der Waals surface area contributed by atoms with E-state index in [9.17, 15) is 4.79 Å². The molecule has 0 aliphatic carbocycles. The van der Waals surface area contributed by atoms with E-state index in [-0.39, 0.29) is 5.91 Å². The minimum atomic E-state index is -0.148. The summed E-state index contributed by atoms with van der Waals surface area (Å²) in [5, 5.41) is 6.71. The number of carbonyl (C=O) groups excluding carboxylic acids is 1. The molecule has 7 heteroatoms. The highest BCUT2D eigenvalue weighted by atomic mass is 16.2. The number of carbonyl (C=O) groups is 1. The SMILES string of the molecule is Cc1nc(CN(C)C(=O)c2ccc(N)nc2)n[nH]1. The lowest BCUT2D eigenvalue weighted by atomic mass is 10.2. The molecule has 0 bridgehead atoms. The van der Waals surface area contributed by atoms with E-state index in [2.05, 4.69) is 20.2 Å². The number of pyridine rings is 1. The summed E-state index contributed by atoms with van der Waals surface area (Å²) in [5.74, 6) is 1.54. The Balaban J connectivity index is 2.07. The van der Waals surface area contributed by atoms with Crippen LogP contribution in [0.4, 0.5) is 5.82 Å². The second-order valence-electron chi connectivity index (χ2n) is 3.97. The maximum absolute atomic E-state index is 12.0. The number of amides is 1. The highest BCUT2D eigenvalue weighted by Gasteiger charge is 2.14. The van der Waals surface area contributed by atoms with Gasteiger partial charge in [0.1, 0.15) is 11.6 Å². The number of nitrogens with two attached hydrogens (primary N) is 1. The number of rotatable bonds is 3. The van der Waals surface area contributed by atoms with Crippen LogP contribution in [0.5, 0.6) is 0 Å². The fourth-order valence-electron chi connectivity index (χ4n) is 1.50. The second kappa shape index (κ2) is 4.82. The summed E-state index contributed by atoms with van der Waals surface area (Å²) in [7, 11) is 1.68. The quantitative estimate of drug-likeness (QED) is 0.814. The lowest BCUT2D eigenvalue weighted by Crippen LogP contribution is -2.26. The molecule has 2 rings (SSSR count). The Morgan fingerprint density at radius 3 is 2.83 bits per heavy atom. The standard InChI is InChI=1S/C11H14N6O/c1-7-14-10(16-15-7)6-17(2)11(18)8-3-4-9(12)13-5-8/h3-5H,6H2,1-2H3,(H2,12,13)(H,14,15,16). The van der Waals surface area contributed by atoms with E-state index in [0.717, 1.165) is 5.82 Å². The van der Waals surface area contributed by atoms with Gasteiger partial charge < -0.3 is 10.6 Å². The molecule has 2 aromatic rings. The molecular formula is C11H14N6O. The van der Waals surface area contributed by atoms with Crippen LogP contribution in [0.15, 0.2) is 18.3 Å². The van der Waals surface area contributed by atoms with Crippen molar-refractivity contribution in [1.82, 2.24) is 25.1 Å². The molecule has 0 radical (unpaired) electrons. The van der Waals surface area contributed by atoms with Crippen LogP contribution < -0.4 is 5.73 Å². The smallest absolute Gasteiger partial charge is 0.255 e. The van der Waals surface area contributed by atoms with Crippen molar-refractivity contribution in [2.24, 2.45) is 0 Å². The molecular weight excluding hydrogens is 232 g/mol. The molecule has 0 aromatic carbocycles. The van der Waals surface area contributed by atoms with Crippen molar-refractivity contribution >= 4 is 11.7 Å². The van der Waals surface area contributed by atoms with Gasteiger partial charge in [0.15, 0.2) is 5.82 Å². The van der Waals surface area contributed by atoms with E-state index in [1.54, 1.807) is 19.2 Å². The van der Waals surface area contributed by atoms with Crippen LogP contribution in [0.2, 0.25) is 0 Å². The van der Waals surface area contributed by atoms with Crippen molar-refractivity contribution in [2.75, 3.05) is 12.8 Å². The van der Waals surface area contributed by atoms with Gasteiger partial charge >= 0.3 is 0 Å². The van der Waals surface area contributed by atoms with Gasteiger partial charge in [-0.25, -0.2) is 9.97 Å². The zero-order valence-corrected chi connectivity index (χ0v) is 10.2. The molecule has 0 aliphatic rings. The van der Waals surface area contributed by atoms with Gasteiger partial charge in [-0.2, -0.15) is 5.10 Å². The molecule has 0 unspecified atom stereocenters. The summed E-state index contributed by atoms with van der Waals surface area (Å²) in [5.41, 5.74) is 5.95. The van der Waals surface area contributed by atoms with Crippen LogP contribution in [0.3, 0.4) is 0 Å². The molecule has 0 spiro atoms. The molecule has 1 amide bonds. The molecule has 0 aliphatic heterocycles. The summed E-state index contributed by atoms with van der Waals surface area (Å²) in [6.45, 7) is 2.15. The van der Waals surface area contributed by atoms with Crippen molar-refractivity contribution < 1.29 is 4.79 Å². The van der Waals surface area contributed by atoms with Gasteiger partial charge in [-0.3, -0.25) is 9.89 Å². The maximum Gasteiger partial charge on any atom is 0.255 e. The van der Waals surface area contributed by atoms with Gasteiger partial charge in [0.2, 0.25) is 0 Å². The average Bonchev–Trinajstić information content (AvgIpc) is 2.75. The van der Waals surface area contributed by atoms with Crippen LogP contribution in [0.1, 0.15) is 22.0 Å². The van der Waals surface area contributed by atoms with Crippen LogP contribution in [0, 0.1) is 6.92 Å². The summed E-state index contributed by atoms with van der Waals surface area (Å²) >= 11 is 0. The molecule has 7 nitrogen and oxygen atoms in total. The van der Waals surface area contributed by atoms with E-state index >= 15 is 0 Å². The molecule has 2 aromatic heterocycles. The van der Waals surface area contributed by atoms with Gasteiger partial charge in [-0.1, -0.05) is 0 Å². The zero-order valence-electron chi connectivity index (χ0n) is 10.2. The maximum atomic E-state index is 12.0. The van der Waals surface area contributed by atoms with E-state index in [4.69, 9.17) is 5.73 Å². The molecule has 3 N–H and O–H groups in total. The van der Waals surface area contributed by atoms with Crippen molar-refractivity contribution in [3.05, 3.63) is 35.5 Å². The van der Waals surface area contributed by atoms with Crippen LogP contribution in [0.25, 0.3) is 0 Å². The topological polar surface area (TPSA) is 101 Å². The van der Waals surface area contributed by atoms with Gasteiger partial charge in [-0.05, 0) is 19.1 Å². The third-order valence-corrected chi connectivity index (χ3v) is 2.40. The summed E-state index contributed by atoms with van der Waals surface area (Å²) in [6.07, 6.45) is 1.46. The number of nitrogen functional groups attached to an aromatic ring is 1. The van der Waals surface area contributed by atoms with Gasteiger partial charge in [0, 0.05) is 13.2 Å². The highest BCUT2D eigenvalue weighted by molar-refractivity contribution is 5.93. The zero-order chi connectivity index (χ0) is 13.1. The fraction of sp³-hybridized carbons (Fsp3) is 0.273. The Morgan fingerprint density at radius 2 is 2.28 bits per heavy atom. The first-order chi connectivity index (χ1) is 8.56. The Bertz CT molecular complexity index is 547. The molecule has 2 heterocycles. The number of anilines is 1. The Hall–Kier alpha value is -2.44. The lowest BCUT2D eigenvalue weighted by Gasteiger charge is -2.14. The molecule has 0 saturated carbocycles. The highest BCUT2D eigenvalue weighted by Crippen LogP contribution is 2.06. The Kier molecular flexibility index (Phi) is 3.22. The van der Waals surface area contributed by atoms with Crippen molar-refractivity contribution in [3.63, 3.8) is 0 Å². The van der Waals surface area contributed by atoms with Gasteiger partial charge in [0.05, 0.1) is 12.1 Å². The third-order valence-electron chi connectivity index (χ3n) is 2.40. The summed E-state index contributed by atoms with van der Waals surface area (Å²) < 4.78 is 0. The number of hydrogen-bond acceptors (Lipinski definition) is 5. The van der Waals surface area contributed by atoms with E-state index < -0.39 is 0 Å². The van der Waals surface area contributed by atoms with E-state index in [1.807, 2.05) is 6.92 Å². The lowest BCUT2D eigenvalue weighted by molar-refractivity contribution is 0.0781. The summed E-state index contributed by atoms with van der Waals surface area (Å²) in [6, 6.07) is 3.24. The minimum Gasteiger partial charge on any atom is -0.384 e. The normalized spacial score (nSPS) is 10.3. The fourth-order valence-corrected chi connectivity index (χ4v) is 1.50. The van der Waals surface area contributed by atoms with Crippen LogP contribution >= 0.6 is 0 Å². The second-order valence-corrected chi connectivity index (χ2v) is 3.97. The number of aromatic amines is 1. The van der Waals surface area contributed by atoms with Crippen LogP contribution in [-0.4, -0.2) is 38.0 Å². The first-order valence-electron chi connectivity index (χ1n) is 5.41. The number of aryl methyl sites for hydroxylation is 1. The summed E-state index contributed by atoms with van der Waals surface area (Å²) in [4.78, 5) is 21.6. The van der Waals surface area contributed by atoms with Crippen molar-refractivity contribution in [2.45, 2.75) is 13.5 Å². The van der Waals surface area contributed by atoms with E-state index in [0.29, 0.717) is 23.8 Å². The predicted octanol–water partition coefficient (Wildman–Crippen LogP) is 0.363. The average molecular weight is 246 g/mol. The van der Waals surface area contributed by atoms with Crippen LogP contribution in [-0.2, 0) is 6.54 Å². The Labute approximate surface area is 104 Å². The molecule has 0 atom stereocenters. The molecule has 0 fully saturated rings. The minimum absolute atomic E-state index is 0.148. The largest absolute Gasteiger partial charge is 0.384 e. The number of nitrogens with zero attached hydrogens (tertiary/aromatic N) is 4. The first kappa shape index (κ1) is 12.0. The Morgan fingerprint density at radius 1 is 1.50 bits per heavy atom. The van der Waals surface area contributed by atoms with E-state index in [1.165, 1.54) is 11.1 Å². The number of H-pyrrole nitrogens is 1. The third kappa shape index (κ3) is 2.62. The number of nitrogens with one attached hydrogen (secondary N) is 1. The predicted molar refractivity (Wildman–Crippen MR) is 65.6 cm³/mol. The number of hydrogen-bond donors (Lipinski definition) is 2. The molecule has 18 heavy (non-hydrogen) atoms. The van der Waals surface area contributed by atoms with Gasteiger partial charge in [0.25, 0.3) is 5.91 Å². The molecule has 0 saturated heterocycles. The number of aromatic nitrogens is 4. The van der Waals surface area contributed by atoms with Gasteiger partial charge in [-0.15, -0.1) is 0 Å². The first-order valence-corrected chi connectivity index (χ1v) is 5.41. The van der Waals surface area contributed by atoms with Crippen molar-refractivity contribution in [3.8, 4) is 0 Å².